The molecule has 0 aliphatic heterocycles. The predicted molar refractivity (Wildman–Crippen MR) is 96.3 cm³/mol. The van der Waals surface area contributed by atoms with Crippen LogP contribution in [0.3, 0.4) is 0 Å². The summed E-state index contributed by atoms with van der Waals surface area (Å²) in [5.74, 6) is 0.782. The molecule has 0 saturated heterocycles. The zero-order valence-electron chi connectivity index (χ0n) is 14.5. The van der Waals surface area contributed by atoms with Crippen molar-refractivity contribution in [3.8, 4) is 5.75 Å². The monoisotopic (exact) mass is 323 g/mol. The van der Waals surface area contributed by atoms with Crippen LogP contribution in [0.25, 0.3) is 0 Å². The molecule has 0 bridgehead atoms. The van der Waals surface area contributed by atoms with Crippen LogP contribution in [-0.4, -0.2) is 12.5 Å². The molecule has 0 spiro atoms. The fourth-order valence-corrected chi connectivity index (χ4v) is 3.46. The lowest BCUT2D eigenvalue weighted by Crippen LogP contribution is -2.31. The standard InChI is InChI=1S/C21H25NO2/c1-15-8-3-5-11-18(15)16(2)22-21(23)14-24-20-13-7-10-17-9-4-6-12-19(17)20/h3,5,7-8,10-11,13,16H,4,6,9,12,14H2,1-2H3,(H,22,23)/t16-/m0/s1. The summed E-state index contributed by atoms with van der Waals surface area (Å²) in [6.45, 7) is 4.13. The summed E-state index contributed by atoms with van der Waals surface area (Å²) >= 11 is 0. The second-order valence-corrected chi connectivity index (χ2v) is 6.54. The molecule has 3 heteroatoms. The van der Waals surface area contributed by atoms with Crippen LogP contribution in [-0.2, 0) is 17.6 Å². The fourth-order valence-electron chi connectivity index (χ4n) is 3.46. The number of amides is 1. The van der Waals surface area contributed by atoms with Crippen LogP contribution in [0.15, 0.2) is 42.5 Å². The molecular formula is C21H25NO2. The van der Waals surface area contributed by atoms with Gasteiger partial charge in [-0.25, -0.2) is 0 Å². The minimum atomic E-state index is -0.0841. The summed E-state index contributed by atoms with van der Waals surface area (Å²) in [6.07, 6.45) is 4.60. The van der Waals surface area contributed by atoms with E-state index in [0.29, 0.717) is 0 Å². The van der Waals surface area contributed by atoms with Gasteiger partial charge in [-0.2, -0.15) is 0 Å². The third kappa shape index (κ3) is 3.78. The molecule has 0 fully saturated rings. The van der Waals surface area contributed by atoms with Crippen molar-refractivity contribution in [2.75, 3.05) is 6.61 Å². The number of carbonyl (C=O) groups excluding carboxylic acids is 1. The van der Waals surface area contributed by atoms with Gasteiger partial charge in [0, 0.05) is 0 Å². The van der Waals surface area contributed by atoms with E-state index in [1.165, 1.54) is 29.5 Å². The van der Waals surface area contributed by atoms with E-state index in [1.54, 1.807) is 0 Å². The Balaban J connectivity index is 1.59. The first-order chi connectivity index (χ1) is 11.6. The van der Waals surface area contributed by atoms with E-state index in [2.05, 4.69) is 30.4 Å². The Kier molecular flexibility index (Phi) is 5.19. The van der Waals surface area contributed by atoms with E-state index < -0.39 is 0 Å². The number of rotatable bonds is 5. The second kappa shape index (κ2) is 7.52. The number of fused-ring (bicyclic) bond motifs is 1. The number of nitrogens with one attached hydrogen (secondary N) is 1. The maximum Gasteiger partial charge on any atom is 0.258 e. The number of carbonyl (C=O) groups is 1. The van der Waals surface area contributed by atoms with Gasteiger partial charge in [-0.15, -0.1) is 0 Å². The summed E-state index contributed by atoms with van der Waals surface area (Å²) in [5, 5.41) is 3.02. The van der Waals surface area contributed by atoms with E-state index in [0.717, 1.165) is 24.2 Å². The molecule has 3 rings (SSSR count). The molecule has 126 valence electrons. The molecule has 2 aromatic rings. The summed E-state index contributed by atoms with van der Waals surface area (Å²) in [7, 11) is 0. The third-order valence-electron chi connectivity index (χ3n) is 4.74. The summed E-state index contributed by atoms with van der Waals surface area (Å²) in [5.41, 5.74) is 4.97. The molecule has 1 aliphatic carbocycles. The first-order valence-corrected chi connectivity index (χ1v) is 8.73. The van der Waals surface area contributed by atoms with Crippen molar-refractivity contribution in [1.29, 1.82) is 0 Å². The van der Waals surface area contributed by atoms with Crippen molar-refractivity contribution in [2.45, 2.75) is 45.6 Å². The van der Waals surface area contributed by atoms with E-state index in [-0.39, 0.29) is 18.6 Å². The van der Waals surface area contributed by atoms with Crippen molar-refractivity contribution in [2.24, 2.45) is 0 Å². The summed E-state index contributed by atoms with van der Waals surface area (Å²) in [6, 6.07) is 14.3. The van der Waals surface area contributed by atoms with Crippen LogP contribution in [0.4, 0.5) is 0 Å². The quantitative estimate of drug-likeness (QED) is 0.898. The number of ether oxygens (including phenoxy) is 1. The van der Waals surface area contributed by atoms with Crippen LogP contribution in [0.5, 0.6) is 5.75 Å². The van der Waals surface area contributed by atoms with Crippen molar-refractivity contribution >= 4 is 5.91 Å². The molecule has 2 aromatic carbocycles. The molecule has 0 aromatic heterocycles. The molecule has 1 atom stereocenters. The van der Waals surface area contributed by atoms with Gasteiger partial charge < -0.3 is 10.1 Å². The van der Waals surface area contributed by atoms with E-state index >= 15 is 0 Å². The van der Waals surface area contributed by atoms with Gasteiger partial charge in [0.1, 0.15) is 5.75 Å². The largest absolute Gasteiger partial charge is 0.483 e. The number of aryl methyl sites for hydroxylation is 2. The molecule has 0 radical (unpaired) electrons. The molecule has 0 unspecified atom stereocenters. The lowest BCUT2D eigenvalue weighted by Gasteiger charge is -2.20. The molecule has 24 heavy (non-hydrogen) atoms. The van der Waals surface area contributed by atoms with Crippen molar-refractivity contribution in [3.63, 3.8) is 0 Å². The molecule has 0 heterocycles. The number of hydrogen-bond acceptors (Lipinski definition) is 2. The topological polar surface area (TPSA) is 38.3 Å². The van der Waals surface area contributed by atoms with Crippen LogP contribution in [0.1, 0.15) is 48.1 Å². The van der Waals surface area contributed by atoms with Gasteiger partial charge in [0.15, 0.2) is 6.61 Å². The normalized spacial score (nSPS) is 14.6. The van der Waals surface area contributed by atoms with Crippen LogP contribution < -0.4 is 10.1 Å². The first kappa shape index (κ1) is 16.6. The Morgan fingerprint density at radius 3 is 2.75 bits per heavy atom. The van der Waals surface area contributed by atoms with E-state index in [4.69, 9.17) is 4.74 Å². The van der Waals surface area contributed by atoms with Crippen molar-refractivity contribution in [3.05, 3.63) is 64.7 Å². The van der Waals surface area contributed by atoms with Gasteiger partial charge in [-0.3, -0.25) is 4.79 Å². The van der Waals surface area contributed by atoms with Gasteiger partial charge in [-0.05, 0) is 67.9 Å². The van der Waals surface area contributed by atoms with Crippen LogP contribution in [0, 0.1) is 6.92 Å². The van der Waals surface area contributed by atoms with Gasteiger partial charge in [0.05, 0.1) is 6.04 Å². The predicted octanol–water partition coefficient (Wildman–Crippen LogP) is 4.13. The van der Waals surface area contributed by atoms with Gasteiger partial charge in [0.2, 0.25) is 0 Å². The van der Waals surface area contributed by atoms with E-state index in [9.17, 15) is 4.79 Å². The smallest absolute Gasteiger partial charge is 0.258 e. The Labute approximate surface area is 144 Å². The highest BCUT2D eigenvalue weighted by Crippen LogP contribution is 2.29. The molecular weight excluding hydrogens is 298 g/mol. The maximum absolute atomic E-state index is 12.2. The third-order valence-corrected chi connectivity index (χ3v) is 4.74. The highest BCUT2D eigenvalue weighted by atomic mass is 16.5. The highest BCUT2D eigenvalue weighted by molar-refractivity contribution is 5.78. The number of benzene rings is 2. The molecule has 1 amide bonds. The van der Waals surface area contributed by atoms with Gasteiger partial charge >= 0.3 is 0 Å². The van der Waals surface area contributed by atoms with Gasteiger partial charge in [0.25, 0.3) is 5.91 Å². The zero-order chi connectivity index (χ0) is 16.9. The Morgan fingerprint density at radius 2 is 1.92 bits per heavy atom. The second-order valence-electron chi connectivity index (χ2n) is 6.54. The fraction of sp³-hybridized carbons (Fsp3) is 0.381. The highest BCUT2D eigenvalue weighted by Gasteiger charge is 2.16. The van der Waals surface area contributed by atoms with Crippen molar-refractivity contribution in [1.82, 2.24) is 5.32 Å². The Bertz CT molecular complexity index is 724. The summed E-state index contributed by atoms with van der Waals surface area (Å²) in [4.78, 5) is 12.2. The molecule has 3 nitrogen and oxygen atoms in total. The minimum Gasteiger partial charge on any atom is -0.483 e. The molecule has 1 aliphatic rings. The minimum absolute atomic E-state index is 0.0213. The zero-order valence-corrected chi connectivity index (χ0v) is 14.5. The van der Waals surface area contributed by atoms with Crippen LogP contribution >= 0.6 is 0 Å². The first-order valence-electron chi connectivity index (χ1n) is 8.73. The van der Waals surface area contributed by atoms with Crippen LogP contribution in [0.2, 0.25) is 0 Å². The number of hydrogen-bond donors (Lipinski definition) is 1. The lowest BCUT2D eigenvalue weighted by atomic mass is 9.91. The molecule has 0 saturated carbocycles. The Hall–Kier alpha value is -2.29. The maximum atomic E-state index is 12.2. The average molecular weight is 323 g/mol. The van der Waals surface area contributed by atoms with Gasteiger partial charge in [-0.1, -0.05) is 36.4 Å². The SMILES string of the molecule is Cc1ccccc1[C@H](C)NC(=O)COc1cccc2c1CCCC2. The Morgan fingerprint density at radius 1 is 1.12 bits per heavy atom. The lowest BCUT2D eigenvalue weighted by molar-refractivity contribution is -0.123. The average Bonchev–Trinajstić information content (AvgIpc) is 2.60. The molecule has 1 N–H and O–H groups in total. The van der Waals surface area contributed by atoms with Crippen molar-refractivity contribution < 1.29 is 9.53 Å². The van der Waals surface area contributed by atoms with E-state index in [1.807, 2.05) is 31.2 Å². The summed E-state index contributed by atoms with van der Waals surface area (Å²) < 4.78 is 5.82.